The van der Waals surface area contributed by atoms with Gasteiger partial charge < -0.3 is 10.5 Å². The fraction of sp³-hybridized carbons (Fsp3) is 0.273. The van der Waals surface area contributed by atoms with Crippen LogP contribution in [0, 0.1) is 0 Å². The van der Waals surface area contributed by atoms with Crippen molar-refractivity contribution in [1.82, 2.24) is 10.3 Å². The number of hydrogen-bond acceptors (Lipinski definition) is 5. The first-order valence-electron chi connectivity index (χ1n) is 5.22. The van der Waals surface area contributed by atoms with Gasteiger partial charge in [-0.05, 0) is 12.1 Å². The third-order valence-electron chi connectivity index (χ3n) is 1.92. The van der Waals surface area contributed by atoms with Gasteiger partial charge in [-0.1, -0.05) is 6.07 Å². The number of aromatic nitrogens is 1. The molecule has 0 unspecified atom stereocenters. The lowest BCUT2D eigenvalue weighted by molar-refractivity contribution is -0.124. The summed E-state index contributed by atoms with van der Waals surface area (Å²) in [4.78, 5) is 36.7. The van der Waals surface area contributed by atoms with Gasteiger partial charge >= 0.3 is 6.09 Å². The van der Waals surface area contributed by atoms with Gasteiger partial charge in [0.2, 0.25) is 11.8 Å². The van der Waals surface area contributed by atoms with Gasteiger partial charge in [-0.25, -0.2) is 4.79 Å². The van der Waals surface area contributed by atoms with Gasteiger partial charge in [0.15, 0.2) is 0 Å². The number of nitrogens with zero attached hydrogens (tertiary/aromatic N) is 1. The average Bonchev–Trinajstić information content (AvgIpc) is 2.35. The zero-order chi connectivity index (χ0) is 13.4. The van der Waals surface area contributed by atoms with Crippen molar-refractivity contribution in [3.05, 3.63) is 30.1 Å². The van der Waals surface area contributed by atoms with E-state index in [-0.39, 0.29) is 19.4 Å². The molecular weight excluding hydrogens is 238 g/mol. The second kappa shape index (κ2) is 7.00. The molecule has 0 spiro atoms. The number of nitrogens with two attached hydrogens (primary N) is 1. The second-order valence-electron chi connectivity index (χ2n) is 3.41. The molecule has 3 N–H and O–H groups in total. The second-order valence-corrected chi connectivity index (χ2v) is 3.41. The predicted molar refractivity (Wildman–Crippen MR) is 61.0 cm³/mol. The summed E-state index contributed by atoms with van der Waals surface area (Å²) in [5.41, 5.74) is 5.43. The van der Waals surface area contributed by atoms with Crippen molar-refractivity contribution < 1.29 is 19.1 Å². The fourth-order valence-electron chi connectivity index (χ4n) is 1.07. The summed E-state index contributed by atoms with van der Waals surface area (Å²) in [6, 6.07) is 5.17. The van der Waals surface area contributed by atoms with Crippen molar-refractivity contribution in [3.63, 3.8) is 0 Å². The summed E-state index contributed by atoms with van der Waals surface area (Å²) in [6.07, 6.45) is 0.428. The number of primary amides is 1. The fourth-order valence-corrected chi connectivity index (χ4v) is 1.07. The van der Waals surface area contributed by atoms with Gasteiger partial charge in [-0.2, -0.15) is 0 Å². The van der Waals surface area contributed by atoms with Crippen LogP contribution in [0.25, 0.3) is 0 Å². The molecule has 3 amide bonds. The first-order valence-corrected chi connectivity index (χ1v) is 5.22. The molecule has 96 valence electrons. The molecule has 0 aliphatic heterocycles. The van der Waals surface area contributed by atoms with Crippen molar-refractivity contribution in [1.29, 1.82) is 0 Å². The number of pyridine rings is 1. The van der Waals surface area contributed by atoms with E-state index in [2.05, 4.69) is 4.98 Å². The van der Waals surface area contributed by atoms with E-state index in [0.29, 0.717) is 5.69 Å². The van der Waals surface area contributed by atoms with Crippen LogP contribution < -0.4 is 11.1 Å². The molecule has 0 aromatic carbocycles. The maximum absolute atomic E-state index is 11.2. The highest BCUT2D eigenvalue weighted by Crippen LogP contribution is 1.96. The van der Waals surface area contributed by atoms with E-state index in [0.717, 1.165) is 0 Å². The van der Waals surface area contributed by atoms with Crippen LogP contribution >= 0.6 is 0 Å². The summed E-state index contributed by atoms with van der Waals surface area (Å²) < 4.78 is 4.76. The number of carbonyl (C=O) groups excluding carboxylic acids is 3. The third kappa shape index (κ3) is 5.59. The van der Waals surface area contributed by atoms with Gasteiger partial charge in [0.25, 0.3) is 0 Å². The number of rotatable bonds is 5. The predicted octanol–water partition coefficient (Wildman–Crippen LogP) is 0.0999. The number of hydrogen-bond donors (Lipinski definition) is 2. The topological polar surface area (TPSA) is 111 Å². The first kappa shape index (κ1) is 13.6. The Balaban J connectivity index is 2.25. The minimum Gasteiger partial charge on any atom is -0.443 e. The quantitative estimate of drug-likeness (QED) is 0.770. The third-order valence-corrected chi connectivity index (χ3v) is 1.92. The van der Waals surface area contributed by atoms with E-state index in [1.54, 1.807) is 24.4 Å². The number of amides is 3. The summed E-state index contributed by atoms with van der Waals surface area (Å²) in [5, 5.41) is 1.97. The summed E-state index contributed by atoms with van der Waals surface area (Å²) >= 11 is 0. The van der Waals surface area contributed by atoms with Crippen molar-refractivity contribution in [2.24, 2.45) is 5.73 Å². The molecule has 0 radical (unpaired) electrons. The van der Waals surface area contributed by atoms with E-state index in [4.69, 9.17) is 10.5 Å². The molecule has 18 heavy (non-hydrogen) atoms. The lowest BCUT2D eigenvalue weighted by atomic mass is 10.3. The van der Waals surface area contributed by atoms with E-state index in [9.17, 15) is 14.4 Å². The molecule has 1 aromatic heterocycles. The van der Waals surface area contributed by atoms with Gasteiger partial charge in [0.05, 0.1) is 5.69 Å². The van der Waals surface area contributed by atoms with Crippen LogP contribution in [0.5, 0.6) is 0 Å². The summed E-state index contributed by atoms with van der Waals surface area (Å²) in [5.74, 6) is -1.22. The molecule has 1 rings (SSSR count). The van der Waals surface area contributed by atoms with Crippen LogP contribution in [-0.4, -0.2) is 22.9 Å². The van der Waals surface area contributed by atoms with Crippen LogP contribution in [-0.2, 0) is 20.9 Å². The minimum atomic E-state index is -0.880. The minimum absolute atomic E-state index is 0.0320. The molecule has 7 heteroatoms. The lowest BCUT2D eigenvalue weighted by Crippen LogP contribution is -2.31. The highest BCUT2D eigenvalue weighted by molar-refractivity contribution is 5.93. The summed E-state index contributed by atoms with van der Waals surface area (Å²) in [6.45, 7) is -0.0320. The zero-order valence-corrected chi connectivity index (χ0v) is 9.59. The zero-order valence-electron chi connectivity index (χ0n) is 9.59. The van der Waals surface area contributed by atoms with Gasteiger partial charge in [-0.15, -0.1) is 0 Å². The maximum atomic E-state index is 11.2. The molecule has 7 nitrogen and oxygen atoms in total. The molecule has 0 atom stereocenters. The molecule has 1 heterocycles. The normalized spacial score (nSPS) is 9.56. The Morgan fingerprint density at radius 3 is 2.67 bits per heavy atom. The van der Waals surface area contributed by atoms with Crippen molar-refractivity contribution in [2.45, 2.75) is 19.4 Å². The maximum Gasteiger partial charge on any atom is 0.414 e. The van der Waals surface area contributed by atoms with Gasteiger partial charge in [0, 0.05) is 19.0 Å². The van der Waals surface area contributed by atoms with Crippen LogP contribution in [0.1, 0.15) is 18.5 Å². The molecule has 0 aliphatic carbocycles. The molecule has 0 bridgehead atoms. The Bertz CT molecular complexity index is 433. The van der Waals surface area contributed by atoms with Crippen molar-refractivity contribution >= 4 is 17.9 Å². The van der Waals surface area contributed by atoms with E-state index in [1.165, 1.54) is 0 Å². The molecule has 0 fully saturated rings. The molecular formula is C11H13N3O4. The van der Waals surface area contributed by atoms with E-state index >= 15 is 0 Å². The number of imide groups is 1. The Hall–Kier alpha value is -2.44. The molecule has 0 saturated carbocycles. The number of alkyl carbamates (subject to hydrolysis) is 1. The highest BCUT2D eigenvalue weighted by Gasteiger charge is 2.10. The van der Waals surface area contributed by atoms with E-state index in [1.807, 2.05) is 5.32 Å². The largest absolute Gasteiger partial charge is 0.443 e. The lowest BCUT2D eigenvalue weighted by Gasteiger charge is -2.05. The van der Waals surface area contributed by atoms with Crippen LogP contribution in [0.3, 0.4) is 0 Å². The summed E-state index contributed by atoms with van der Waals surface area (Å²) in [7, 11) is 0. The Morgan fingerprint density at radius 2 is 2.06 bits per heavy atom. The highest BCUT2D eigenvalue weighted by atomic mass is 16.5. The Morgan fingerprint density at radius 1 is 1.28 bits per heavy atom. The van der Waals surface area contributed by atoms with E-state index < -0.39 is 17.9 Å². The van der Waals surface area contributed by atoms with Crippen molar-refractivity contribution in [2.75, 3.05) is 0 Å². The van der Waals surface area contributed by atoms with Gasteiger partial charge in [0.1, 0.15) is 6.61 Å². The van der Waals surface area contributed by atoms with Gasteiger partial charge in [-0.3, -0.25) is 19.9 Å². The average molecular weight is 251 g/mol. The molecule has 0 saturated heterocycles. The number of ether oxygens (including phenoxy) is 1. The smallest absolute Gasteiger partial charge is 0.414 e. The van der Waals surface area contributed by atoms with Crippen LogP contribution in [0.4, 0.5) is 4.79 Å². The standard InChI is InChI=1S/C11H13N3O4/c12-9(15)4-5-10(16)14-11(17)18-7-8-3-1-2-6-13-8/h1-3,6H,4-5,7H2,(H2,12,15)(H,14,16,17). The Labute approximate surface area is 103 Å². The first-order chi connectivity index (χ1) is 8.58. The SMILES string of the molecule is NC(=O)CCC(=O)NC(=O)OCc1ccccn1. The monoisotopic (exact) mass is 251 g/mol. The molecule has 1 aromatic rings. The van der Waals surface area contributed by atoms with Crippen molar-refractivity contribution in [3.8, 4) is 0 Å². The Kier molecular flexibility index (Phi) is 5.30. The number of carbonyl (C=O) groups is 3. The molecule has 0 aliphatic rings. The van der Waals surface area contributed by atoms with Crippen LogP contribution in [0.2, 0.25) is 0 Å². The number of nitrogens with one attached hydrogen (secondary N) is 1. The van der Waals surface area contributed by atoms with Crippen LogP contribution in [0.15, 0.2) is 24.4 Å².